The molecule has 2 rings (SSSR count). The monoisotopic (exact) mass is 257 g/mol. The fourth-order valence-electron chi connectivity index (χ4n) is 1.92. The van der Waals surface area contributed by atoms with Crippen LogP contribution in [0.25, 0.3) is 0 Å². The highest BCUT2D eigenvalue weighted by atomic mass is 16.5. The van der Waals surface area contributed by atoms with E-state index in [1.807, 2.05) is 36.4 Å². The Hall–Kier alpha value is -2.00. The van der Waals surface area contributed by atoms with Gasteiger partial charge in [-0.25, -0.2) is 0 Å². The van der Waals surface area contributed by atoms with Gasteiger partial charge in [0.05, 0.1) is 14.2 Å². The number of hydrogen-bond acceptors (Lipinski definition) is 3. The lowest BCUT2D eigenvalue weighted by molar-refractivity contribution is 0.413. The van der Waals surface area contributed by atoms with Crippen LogP contribution < -0.4 is 14.8 Å². The normalized spacial score (nSPS) is 10.2. The highest BCUT2D eigenvalue weighted by molar-refractivity contribution is 5.29. The molecule has 2 aromatic rings. The lowest BCUT2D eigenvalue weighted by Gasteiger charge is -2.08. The number of nitrogens with one attached hydrogen (secondary N) is 1. The van der Waals surface area contributed by atoms with Crippen LogP contribution in [0.5, 0.6) is 11.5 Å². The average molecular weight is 257 g/mol. The first-order valence-electron chi connectivity index (χ1n) is 6.28. The van der Waals surface area contributed by atoms with Gasteiger partial charge in [-0.05, 0) is 35.4 Å². The second-order valence-corrected chi connectivity index (χ2v) is 4.31. The number of methoxy groups -OCH3 is 2. The minimum Gasteiger partial charge on any atom is -0.497 e. The van der Waals surface area contributed by atoms with Gasteiger partial charge in [-0.1, -0.05) is 24.3 Å². The Labute approximate surface area is 114 Å². The molecule has 0 aliphatic rings. The molecule has 0 fully saturated rings. The molecule has 1 N–H and O–H groups in total. The van der Waals surface area contributed by atoms with E-state index in [9.17, 15) is 0 Å². The van der Waals surface area contributed by atoms with E-state index < -0.39 is 0 Å². The summed E-state index contributed by atoms with van der Waals surface area (Å²) in [5.74, 6) is 1.78. The van der Waals surface area contributed by atoms with Crippen LogP contribution in [0.2, 0.25) is 0 Å². The zero-order valence-corrected chi connectivity index (χ0v) is 11.3. The lowest BCUT2D eigenvalue weighted by atomic mass is 10.2. The SMILES string of the molecule is COc1cccc(CNCc2cccc(OC)c2)c1. The third-order valence-electron chi connectivity index (χ3n) is 2.93. The first-order chi connectivity index (χ1) is 9.31. The van der Waals surface area contributed by atoms with Crippen LogP contribution in [-0.2, 0) is 13.1 Å². The van der Waals surface area contributed by atoms with Gasteiger partial charge in [0.15, 0.2) is 0 Å². The molecule has 0 aliphatic carbocycles. The van der Waals surface area contributed by atoms with Crippen LogP contribution in [-0.4, -0.2) is 14.2 Å². The van der Waals surface area contributed by atoms with Crippen molar-refractivity contribution in [1.29, 1.82) is 0 Å². The predicted molar refractivity (Wildman–Crippen MR) is 76.5 cm³/mol. The summed E-state index contributed by atoms with van der Waals surface area (Å²) in [5, 5.41) is 3.41. The van der Waals surface area contributed by atoms with Crippen molar-refractivity contribution in [3.05, 3.63) is 59.7 Å². The average Bonchev–Trinajstić information content (AvgIpc) is 2.48. The Morgan fingerprint density at radius 3 is 1.68 bits per heavy atom. The number of rotatable bonds is 6. The lowest BCUT2D eigenvalue weighted by Crippen LogP contribution is -2.12. The fraction of sp³-hybridized carbons (Fsp3) is 0.250. The summed E-state index contributed by atoms with van der Waals surface area (Å²) < 4.78 is 10.4. The maximum absolute atomic E-state index is 5.21. The zero-order chi connectivity index (χ0) is 13.5. The molecule has 0 unspecified atom stereocenters. The predicted octanol–water partition coefficient (Wildman–Crippen LogP) is 2.99. The third-order valence-corrected chi connectivity index (χ3v) is 2.93. The molecule has 0 saturated heterocycles. The molecular formula is C16H19NO2. The first-order valence-corrected chi connectivity index (χ1v) is 6.28. The molecule has 3 nitrogen and oxygen atoms in total. The minimum atomic E-state index is 0.814. The van der Waals surface area contributed by atoms with E-state index in [0.29, 0.717) is 0 Å². The molecule has 0 spiro atoms. The largest absolute Gasteiger partial charge is 0.497 e. The van der Waals surface area contributed by atoms with Gasteiger partial charge in [-0.3, -0.25) is 0 Å². The zero-order valence-electron chi connectivity index (χ0n) is 11.3. The molecule has 0 bridgehead atoms. The van der Waals surface area contributed by atoms with E-state index in [0.717, 1.165) is 24.6 Å². The Morgan fingerprint density at radius 2 is 1.26 bits per heavy atom. The van der Waals surface area contributed by atoms with Crippen LogP contribution >= 0.6 is 0 Å². The minimum absolute atomic E-state index is 0.814. The fourth-order valence-corrected chi connectivity index (χ4v) is 1.92. The summed E-state index contributed by atoms with van der Waals surface area (Å²) in [5.41, 5.74) is 2.42. The van der Waals surface area contributed by atoms with E-state index in [-0.39, 0.29) is 0 Å². The van der Waals surface area contributed by atoms with E-state index >= 15 is 0 Å². The summed E-state index contributed by atoms with van der Waals surface area (Å²) in [6.07, 6.45) is 0. The van der Waals surface area contributed by atoms with Crippen LogP contribution in [0.1, 0.15) is 11.1 Å². The molecule has 0 aliphatic heterocycles. The van der Waals surface area contributed by atoms with Crippen molar-refractivity contribution in [2.45, 2.75) is 13.1 Å². The molecule has 0 saturated carbocycles. The molecule has 100 valence electrons. The van der Waals surface area contributed by atoms with E-state index in [4.69, 9.17) is 9.47 Å². The van der Waals surface area contributed by atoms with Crippen molar-refractivity contribution in [3.63, 3.8) is 0 Å². The number of hydrogen-bond donors (Lipinski definition) is 1. The second kappa shape index (κ2) is 6.81. The first kappa shape index (κ1) is 13.4. The molecule has 0 aromatic heterocycles. The molecule has 19 heavy (non-hydrogen) atoms. The second-order valence-electron chi connectivity index (χ2n) is 4.31. The van der Waals surface area contributed by atoms with E-state index in [1.165, 1.54) is 11.1 Å². The molecule has 0 heterocycles. The van der Waals surface area contributed by atoms with Crippen LogP contribution in [0, 0.1) is 0 Å². The molecular weight excluding hydrogens is 238 g/mol. The summed E-state index contributed by atoms with van der Waals surface area (Å²) in [7, 11) is 3.37. The number of benzene rings is 2. The van der Waals surface area contributed by atoms with Crippen molar-refractivity contribution in [2.24, 2.45) is 0 Å². The van der Waals surface area contributed by atoms with Crippen molar-refractivity contribution < 1.29 is 9.47 Å². The van der Waals surface area contributed by atoms with E-state index in [1.54, 1.807) is 14.2 Å². The number of ether oxygens (including phenoxy) is 2. The standard InChI is InChI=1S/C16H19NO2/c1-18-15-7-3-5-13(9-15)11-17-12-14-6-4-8-16(10-14)19-2/h3-10,17H,11-12H2,1-2H3. The maximum atomic E-state index is 5.21. The van der Waals surface area contributed by atoms with Crippen molar-refractivity contribution >= 4 is 0 Å². The maximum Gasteiger partial charge on any atom is 0.119 e. The summed E-state index contributed by atoms with van der Waals surface area (Å²) in [6, 6.07) is 16.2. The highest BCUT2D eigenvalue weighted by Gasteiger charge is 1.98. The van der Waals surface area contributed by atoms with Gasteiger partial charge >= 0.3 is 0 Å². The van der Waals surface area contributed by atoms with Gasteiger partial charge in [-0.15, -0.1) is 0 Å². The van der Waals surface area contributed by atoms with E-state index in [2.05, 4.69) is 17.4 Å². The van der Waals surface area contributed by atoms with Crippen molar-refractivity contribution in [2.75, 3.05) is 14.2 Å². The smallest absolute Gasteiger partial charge is 0.119 e. The van der Waals surface area contributed by atoms with Gasteiger partial charge in [0, 0.05) is 13.1 Å². The molecule has 0 amide bonds. The summed E-state index contributed by atoms with van der Waals surface area (Å²) in [4.78, 5) is 0. The Bertz CT molecular complexity index is 478. The topological polar surface area (TPSA) is 30.5 Å². The van der Waals surface area contributed by atoms with Crippen molar-refractivity contribution in [1.82, 2.24) is 5.32 Å². The quantitative estimate of drug-likeness (QED) is 0.863. The van der Waals surface area contributed by atoms with Gasteiger partial charge in [-0.2, -0.15) is 0 Å². The Kier molecular flexibility index (Phi) is 4.81. The van der Waals surface area contributed by atoms with Gasteiger partial charge < -0.3 is 14.8 Å². The van der Waals surface area contributed by atoms with Crippen LogP contribution in [0.3, 0.4) is 0 Å². The third kappa shape index (κ3) is 4.00. The Balaban J connectivity index is 1.88. The summed E-state index contributed by atoms with van der Waals surface area (Å²) >= 11 is 0. The van der Waals surface area contributed by atoms with Crippen LogP contribution in [0.4, 0.5) is 0 Å². The summed E-state index contributed by atoms with van der Waals surface area (Å²) in [6.45, 7) is 1.63. The van der Waals surface area contributed by atoms with Crippen molar-refractivity contribution in [3.8, 4) is 11.5 Å². The van der Waals surface area contributed by atoms with Crippen LogP contribution in [0.15, 0.2) is 48.5 Å². The van der Waals surface area contributed by atoms with Gasteiger partial charge in [0.2, 0.25) is 0 Å². The molecule has 0 atom stereocenters. The Morgan fingerprint density at radius 1 is 0.789 bits per heavy atom. The highest BCUT2D eigenvalue weighted by Crippen LogP contribution is 2.14. The molecule has 3 heteroatoms. The van der Waals surface area contributed by atoms with Gasteiger partial charge in [0.1, 0.15) is 11.5 Å². The molecule has 0 radical (unpaired) electrons. The van der Waals surface area contributed by atoms with Gasteiger partial charge in [0.25, 0.3) is 0 Å². The molecule has 2 aromatic carbocycles.